The van der Waals surface area contributed by atoms with Gasteiger partial charge in [0.05, 0.1) is 32.0 Å². The number of H-pyrrole nitrogens is 1. The summed E-state index contributed by atoms with van der Waals surface area (Å²) < 4.78 is 6.01. The predicted octanol–water partition coefficient (Wildman–Crippen LogP) is 2.41. The molecule has 0 aliphatic carbocycles. The minimum Gasteiger partial charge on any atom is -0.453 e. The van der Waals surface area contributed by atoms with Gasteiger partial charge in [-0.1, -0.05) is 32.0 Å². The summed E-state index contributed by atoms with van der Waals surface area (Å²) in [5.74, 6) is -0.0247. The fraction of sp³-hybridized carbons (Fsp3) is 0.250. The number of benzene rings is 1. The van der Waals surface area contributed by atoms with Gasteiger partial charge in [-0.05, 0) is 17.2 Å². The highest BCUT2D eigenvalue weighted by atomic mass is 16.5. The maximum absolute atomic E-state index is 12.5. The van der Waals surface area contributed by atoms with Crippen LogP contribution in [0.3, 0.4) is 0 Å². The number of aromatic nitrogens is 5. The van der Waals surface area contributed by atoms with E-state index in [2.05, 4.69) is 30.1 Å². The number of hydrogen-bond donors (Lipinski definition) is 3. The van der Waals surface area contributed by atoms with E-state index in [1.54, 1.807) is 12.3 Å². The summed E-state index contributed by atoms with van der Waals surface area (Å²) in [7, 11) is 1.21. The molecule has 0 aliphatic rings. The molecule has 4 rings (SSSR count). The Labute approximate surface area is 171 Å². The van der Waals surface area contributed by atoms with Crippen LogP contribution >= 0.6 is 0 Å². The number of amides is 1. The molecule has 0 saturated heterocycles. The first-order valence-corrected chi connectivity index (χ1v) is 9.38. The molecule has 0 radical (unpaired) electrons. The van der Waals surface area contributed by atoms with E-state index < -0.39 is 11.7 Å². The van der Waals surface area contributed by atoms with E-state index >= 15 is 0 Å². The lowest BCUT2D eigenvalue weighted by molar-refractivity contribution is 0.186. The normalized spacial score (nSPS) is 10.5. The standard InChI is InChI=1S/C18H16N6O4.C2H6/c1-28-18(27)23-17-21-13-7-20-24(15(13)16(26)22-17)8-10-4-5-11(9-25)12-3-2-6-19-14(10)12;1-2/h2-7,25H,8-9H2,1H3,(H2,21,22,23,26,27);1-2H3. The number of anilines is 1. The van der Waals surface area contributed by atoms with Crippen LogP contribution in [-0.2, 0) is 17.9 Å². The number of methoxy groups -OCH3 is 1. The Bertz CT molecular complexity index is 1250. The van der Waals surface area contributed by atoms with Gasteiger partial charge in [0.15, 0.2) is 5.52 Å². The first kappa shape index (κ1) is 20.9. The average Bonchev–Trinajstić information content (AvgIpc) is 3.18. The second-order valence-corrected chi connectivity index (χ2v) is 6.01. The summed E-state index contributed by atoms with van der Waals surface area (Å²) >= 11 is 0. The van der Waals surface area contributed by atoms with Gasteiger partial charge in [-0.25, -0.2) is 9.78 Å². The molecule has 3 heterocycles. The number of hydrogen-bond acceptors (Lipinski definition) is 7. The van der Waals surface area contributed by atoms with Crippen LogP contribution < -0.4 is 10.9 Å². The number of ether oxygens (including phenoxy) is 1. The summed E-state index contributed by atoms with van der Waals surface area (Å²) in [6, 6.07) is 7.37. The van der Waals surface area contributed by atoms with Crippen LogP contribution in [0.25, 0.3) is 21.9 Å². The molecule has 30 heavy (non-hydrogen) atoms. The number of aliphatic hydroxyl groups is 1. The lowest BCUT2D eigenvalue weighted by atomic mass is 10.0. The molecule has 0 saturated carbocycles. The van der Waals surface area contributed by atoms with E-state index in [1.807, 2.05) is 32.0 Å². The van der Waals surface area contributed by atoms with Crippen LogP contribution in [0.2, 0.25) is 0 Å². The Hall–Kier alpha value is -3.79. The molecule has 1 aromatic carbocycles. The third kappa shape index (κ3) is 3.98. The van der Waals surface area contributed by atoms with Crippen molar-refractivity contribution in [2.45, 2.75) is 27.0 Å². The molecule has 0 atom stereocenters. The summed E-state index contributed by atoms with van der Waals surface area (Å²) in [5.41, 5.74) is 2.50. The Morgan fingerprint density at radius 2 is 2.03 bits per heavy atom. The molecule has 0 aliphatic heterocycles. The molecule has 0 spiro atoms. The van der Waals surface area contributed by atoms with Crippen LogP contribution in [0.4, 0.5) is 10.7 Å². The molecule has 3 aromatic heterocycles. The van der Waals surface area contributed by atoms with Crippen molar-refractivity contribution in [1.29, 1.82) is 0 Å². The van der Waals surface area contributed by atoms with E-state index in [0.29, 0.717) is 5.52 Å². The Kier molecular flexibility index (Phi) is 6.38. The number of nitrogens with zero attached hydrogens (tertiary/aromatic N) is 4. The van der Waals surface area contributed by atoms with Gasteiger partial charge in [0.1, 0.15) is 5.52 Å². The van der Waals surface area contributed by atoms with Crippen LogP contribution in [-0.4, -0.2) is 43.0 Å². The smallest absolute Gasteiger partial charge is 0.413 e. The van der Waals surface area contributed by atoms with Gasteiger partial charge in [0, 0.05) is 11.6 Å². The number of nitrogens with one attached hydrogen (secondary N) is 2. The number of pyridine rings is 1. The monoisotopic (exact) mass is 410 g/mol. The van der Waals surface area contributed by atoms with Crippen LogP contribution in [0, 0.1) is 0 Å². The number of carbonyl (C=O) groups is 1. The third-order valence-electron chi connectivity index (χ3n) is 4.34. The summed E-state index contributed by atoms with van der Waals surface area (Å²) in [6.45, 7) is 4.20. The Balaban J connectivity index is 0.00000124. The SMILES string of the molecule is CC.COC(=O)Nc1nc2cnn(Cc3ccc(CO)c4cccnc34)c2c(=O)[nH]1. The zero-order valence-electron chi connectivity index (χ0n) is 16.8. The molecular formula is C20H22N6O4. The fourth-order valence-corrected chi connectivity index (χ4v) is 3.05. The number of rotatable bonds is 4. The van der Waals surface area contributed by atoms with Crippen molar-refractivity contribution < 1.29 is 14.6 Å². The van der Waals surface area contributed by atoms with Gasteiger partial charge in [-0.3, -0.25) is 24.8 Å². The molecule has 4 aromatic rings. The number of fused-ring (bicyclic) bond motifs is 2. The molecule has 1 amide bonds. The predicted molar refractivity (Wildman–Crippen MR) is 112 cm³/mol. The van der Waals surface area contributed by atoms with Crippen molar-refractivity contribution >= 4 is 34.0 Å². The van der Waals surface area contributed by atoms with Crippen molar-refractivity contribution in [2.24, 2.45) is 0 Å². The van der Waals surface area contributed by atoms with Crippen molar-refractivity contribution in [2.75, 3.05) is 12.4 Å². The van der Waals surface area contributed by atoms with Crippen LogP contribution in [0.5, 0.6) is 0 Å². The van der Waals surface area contributed by atoms with Gasteiger partial charge in [0.2, 0.25) is 5.95 Å². The maximum atomic E-state index is 12.5. The highest BCUT2D eigenvalue weighted by molar-refractivity contribution is 5.86. The highest BCUT2D eigenvalue weighted by Gasteiger charge is 2.14. The van der Waals surface area contributed by atoms with Crippen molar-refractivity contribution in [3.8, 4) is 0 Å². The van der Waals surface area contributed by atoms with E-state index in [-0.39, 0.29) is 24.6 Å². The molecule has 0 bridgehead atoms. The fourth-order valence-electron chi connectivity index (χ4n) is 3.05. The van der Waals surface area contributed by atoms with Crippen LogP contribution in [0.1, 0.15) is 25.0 Å². The summed E-state index contributed by atoms with van der Waals surface area (Å²) in [5, 5.41) is 16.9. The van der Waals surface area contributed by atoms with Gasteiger partial charge < -0.3 is 9.84 Å². The molecular weight excluding hydrogens is 388 g/mol. The maximum Gasteiger partial charge on any atom is 0.413 e. The van der Waals surface area contributed by atoms with Gasteiger partial charge in [-0.2, -0.15) is 5.10 Å². The number of aliphatic hydroxyl groups excluding tert-OH is 1. The van der Waals surface area contributed by atoms with Crippen molar-refractivity contribution in [3.63, 3.8) is 0 Å². The summed E-state index contributed by atoms with van der Waals surface area (Å²) in [4.78, 5) is 34.9. The lowest BCUT2D eigenvalue weighted by Crippen LogP contribution is -2.19. The molecule has 10 heteroatoms. The minimum absolute atomic E-state index is 0.0247. The summed E-state index contributed by atoms with van der Waals surface area (Å²) in [6.07, 6.45) is 2.38. The highest BCUT2D eigenvalue weighted by Crippen LogP contribution is 2.22. The van der Waals surface area contributed by atoms with Crippen LogP contribution in [0.15, 0.2) is 41.5 Å². The van der Waals surface area contributed by atoms with Gasteiger partial charge in [0.25, 0.3) is 5.56 Å². The average molecular weight is 410 g/mol. The molecule has 10 nitrogen and oxygen atoms in total. The quantitative estimate of drug-likeness (QED) is 0.470. The van der Waals surface area contributed by atoms with E-state index in [1.165, 1.54) is 18.0 Å². The topological polar surface area (TPSA) is 135 Å². The zero-order valence-corrected chi connectivity index (χ0v) is 16.8. The van der Waals surface area contributed by atoms with Gasteiger partial charge in [-0.15, -0.1) is 0 Å². The molecule has 0 fully saturated rings. The number of carbonyl (C=O) groups excluding carboxylic acids is 1. The lowest BCUT2D eigenvalue weighted by Gasteiger charge is -2.10. The van der Waals surface area contributed by atoms with E-state index in [4.69, 9.17) is 0 Å². The molecule has 3 N–H and O–H groups in total. The molecule has 156 valence electrons. The second kappa shape index (κ2) is 9.14. The first-order chi connectivity index (χ1) is 14.6. The van der Waals surface area contributed by atoms with Crippen molar-refractivity contribution in [1.82, 2.24) is 24.7 Å². The van der Waals surface area contributed by atoms with E-state index in [0.717, 1.165) is 22.0 Å². The Morgan fingerprint density at radius 1 is 1.27 bits per heavy atom. The van der Waals surface area contributed by atoms with Gasteiger partial charge >= 0.3 is 6.09 Å². The minimum atomic E-state index is -0.739. The first-order valence-electron chi connectivity index (χ1n) is 9.38. The Morgan fingerprint density at radius 3 is 2.77 bits per heavy atom. The van der Waals surface area contributed by atoms with E-state index in [9.17, 15) is 14.7 Å². The number of aromatic amines is 1. The second-order valence-electron chi connectivity index (χ2n) is 6.01. The largest absolute Gasteiger partial charge is 0.453 e. The van der Waals surface area contributed by atoms with Crippen molar-refractivity contribution in [3.05, 3.63) is 58.1 Å². The zero-order chi connectivity index (χ0) is 21.7. The molecule has 0 unspecified atom stereocenters. The third-order valence-corrected chi connectivity index (χ3v) is 4.34.